The minimum Gasteiger partial charge on any atom is -0.497 e. The van der Waals surface area contributed by atoms with Gasteiger partial charge >= 0.3 is 0 Å². The highest BCUT2D eigenvalue weighted by molar-refractivity contribution is 7.89. The molecule has 0 atom stereocenters. The van der Waals surface area contributed by atoms with Crippen LogP contribution in [0.5, 0.6) is 5.75 Å². The Kier molecular flexibility index (Phi) is 5.82. The molecule has 1 N–H and O–H groups in total. The number of benzene rings is 2. The first kappa shape index (κ1) is 19.5. The Morgan fingerprint density at radius 1 is 1.08 bits per heavy atom. The first-order valence-electron chi connectivity index (χ1n) is 8.46. The second kappa shape index (κ2) is 7.77. The van der Waals surface area contributed by atoms with Crippen LogP contribution in [0.25, 0.3) is 0 Å². The average Bonchev–Trinajstić information content (AvgIpc) is 3.12. The van der Waals surface area contributed by atoms with Crippen LogP contribution in [-0.4, -0.2) is 22.1 Å². The van der Waals surface area contributed by atoms with Crippen molar-refractivity contribution < 1.29 is 13.2 Å². The molecule has 0 saturated heterocycles. The topological polar surface area (TPSA) is 55.4 Å². The molecule has 1 aliphatic rings. The van der Waals surface area contributed by atoms with Crippen LogP contribution in [0.15, 0.2) is 47.4 Å². The summed E-state index contributed by atoms with van der Waals surface area (Å²) in [6.45, 7) is 0.324. The minimum absolute atomic E-state index is 0.00884. The van der Waals surface area contributed by atoms with Crippen LogP contribution in [0.2, 0.25) is 10.0 Å². The average molecular weight is 414 g/mol. The molecule has 0 bridgehead atoms. The van der Waals surface area contributed by atoms with Gasteiger partial charge in [-0.25, -0.2) is 13.1 Å². The highest BCUT2D eigenvalue weighted by Crippen LogP contribution is 2.41. The Hall–Kier alpha value is -1.27. The molecular weight excluding hydrogens is 393 g/mol. The third-order valence-electron chi connectivity index (χ3n) is 5.05. The molecule has 4 nitrogen and oxygen atoms in total. The van der Waals surface area contributed by atoms with Crippen molar-refractivity contribution in [2.24, 2.45) is 0 Å². The van der Waals surface area contributed by atoms with E-state index in [4.69, 9.17) is 27.9 Å². The largest absolute Gasteiger partial charge is 0.497 e. The van der Waals surface area contributed by atoms with E-state index in [0.717, 1.165) is 37.0 Å². The van der Waals surface area contributed by atoms with Gasteiger partial charge in [0.2, 0.25) is 10.0 Å². The summed E-state index contributed by atoms with van der Waals surface area (Å²) in [6.07, 6.45) is 4.02. The van der Waals surface area contributed by atoms with Gasteiger partial charge in [0.15, 0.2) is 0 Å². The first-order valence-corrected chi connectivity index (χ1v) is 10.7. The van der Waals surface area contributed by atoms with Crippen LogP contribution >= 0.6 is 23.2 Å². The molecule has 140 valence electrons. The van der Waals surface area contributed by atoms with Crippen molar-refractivity contribution in [2.45, 2.75) is 36.0 Å². The van der Waals surface area contributed by atoms with Gasteiger partial charge in [-0.3, -0.25) is 0 Å². The standard InChI is InChI=1S/C19H21Cl2NO3S/c1-25-16-7-4-14(5-8-16)19(10-2-3-11-19)13-22-26(23,24)18-12-15(20)6-9-17(18)21/h4-9,12,22H,2-3,10-11,13H2,1H3. The van der Waals surface area contributed by atoms with Crippen LogP contribution in [0.3, 0.4) is 0 Å². The third-order valence-corrected chi connectivity index (χ3v) is 7.16. The molecule has 0 aromatic heterocycles. The fourth-order valence-electron chi connectivity index (χ4n) is 3.56. The smallest absolute Gasteiger partial charge is 0.242 e. The second-order valence-electron chi connectivity index (χ2n) is 6.62. The van der Waals surface area contributed by atoms with Gasteiger partial charge in [0.05, 0.1) is 12.1 Å². The lowest BCUT2D eigenvalue weighted by Gasteiger charge is -2.30. The van der Waals surface area contributed by atoms with Gasteiger partial charge in [0, 0.05) is 17.0 Å². The van der Waals surface area contributed by atoms with Crippen molar-refractivity contribution >= 4 is 33.2 Å². The third kappa shape index (κ3) is 4.01. The molecule has 2 aromatic carbocycles. The summed E-state index contributed by atoms with van der Waals surface area (Å²) in [7, 11) is -2.12. The van der Waals surface area contributed by atoms with E-state index in [2.05, 4.69) is 4.72 Å². The van der Waals surface area contributed by atoms with Crippen molar-refractivity contribution in [3.05, 3.63) is 58.1 Å². The van der Waals surface area contributed by atoms with Crippen molar-refractivity contribution in [3.63, 3.8) is 0 Å². The zero-order valence-electron chi connectivity index (χ0n) is 14.5. The second-order valence-corrected chi connectivity index (χ2v) is 9.19. The molecule has 3 rings (SSSR count). The SMILES string of the molecule is COc1ccc(C2(CNS(=O)(=O)c3cc(Cl)ccc3Cl)CCCC2)cc1. The number of methoxy groups -OCH3 is 1. The zero-order chi connectivity index (χ0) is 18.8. The van der Waals surface area contributed by atoms with Gasteiger partial charge in [0.25, 0.3) is 0 Å². The van der Waals surface area contributed by atoms with Gasteiger partial charge in [-0.15, -0.1) is 0 Å². The first-order chi connectivity index (χ1) is 12.4. The fraction of sp³-hybridized carbons (Fsp3) is 0.368. The number of hydrogen-bond acceptors (Lipinski definition) is 3. The van der Waals surface area contributed by atoms with Gasteiger partial charge in [-0.1, -0.05) is 48.2 Å². The predicted octanol–water partition coefficient (Wildman–Crippen LogP) is 4.79. The molecule has 0 unspecified atom stereocenters. The van der Waals surface area contributed by atoms with Crippen molar-refractivity contribution in [2.75, 3.05) is 13.7 Å². The van der Waals surface area contributed by atoms with Crippen LogP contribution in [0.1, 0.15) is 31.2 Å². The molecule has 0 heterocycles. The molecular formula is C19H21Cl2NO3S. The number of nitrogens with one attached hydrogen (secondary N) is 1. The molecule has 2 aromatic rings. The number of ether oxygens (including phenoxy) is 1. The van der Waals surface area contributed by atoms with Crippen molar-refractivity contribution in [1.82, 2.24) is 4.72 Å². The zero-order valence-corrected chi connectivity index (χ0v) is 16.8. The quantitative estimate of drug-likeness (QED) is 0.739. The van der Waals surface area contributed by atoms with E-state index in [9.17, 15) is 8.42 Å². The van der Waals surface area contributed by atoms with Crippen molar-refractivity contribution in [3.8, 4) is 5.75 Å². The van der Waals surface area contributed by atoms with Crippen LogP contribution < -0.4 is 9.46 Å². The van der Waals surface area contributed by atoms with Gasteiger partial charge in [-0.2, -0.15) is 0 Å². The van der Waals surface area contributed by atoms with Gasteiger partial charge < -0.3 is 4.74 Å². The number of hydrogen-bond donors (Lipinski definition) is 1. The molecule has 1 saturated carbocycles. The molecule has 1 fully saturated rings. The monoisotopic (exact) mass is 413 g/mol. The number of sulfonamides is 1. The van der Waals surface area contributed by atoms with Crippen LogP contribution in [-0.2, 0) is 15.4 Å². The van der Waals surface area contributed by atoms with E-state index >= 15 is 0 Å². The normalized spacial score (nSPS) is 16.6. The number of rotatable bonds is 6. The fourth-order valence-corrected chi connectivity index (χ4v) is 5.45. The lowest BCUT2D eigenvalue weighted by atomic mass is 9.79. The Morgan fingerprint density at radius 2 is 1.73 bits per heavy atom. The maximum absolute atomic E-state index is 12.8. The summed E-state index contributed by atoms with van der Waals surface area (Å²) in [5, 5.41) is 0.493. The highest BCUT2D eigenvalue weighted by Gasteiger charge is 2.37. The number of halogens is 2. The summed E-state index contributed by atoms with van der Waals surface area (Å²) in [6, 6.07) is 12.3. The molecule has 0 radical (unpaired) electrons. The molecule has 26 heavy (non-hydrogen) atoms. The summed E-state index contributed by atoms with van der Waals surface area (Å²) in [5.41, 5.74) is 0.903. The van der Waals surface area contributed by atoms with Crippen molar-refractivity contribution in [1.29, 1.82) is 0 Å². The van der Waals surface area contributed by atoms with Gasteiger partial charge in [-0.05, 0) is 48.7 Å². The van der Waals surface area contributed by atoms with E-state index < -0.39 is 10.0 Å². The minimum atomic E-state index is -3.75. The van der Waals surface area contributed by atoms with E-state index in [1.165, 1.54) is 12.1 Å². The van der Waals surface area contributed by atoms with E-state index in [-0.39, 0.29) is 15.3 Å². The highest BCUT2D eigenvalue weighted by atomic mass is 35.5. The van der Waals surface area contributed by atoms with E-state index in [1.54, 1.807) is 13.2 Å². The maximum atomic E-state index is 12.8. The van der Waals surface area contributed by atoms with E-state index in [1.807, 2.05) is 24.3 Å². The Labute approximate surface area is 164 Å². The lowest BCUT2D eigenvalue weighted by Crippen LogP contribution is -2.39. The lowest BCUT2D eigenvalue weighted by molar-refractivity contribution is 0.410. The summed E-state index contributed by atoms with van der Waals surface area (Å²) in [4.78, 5) is 0.00884. The van der Waals surface area contributed by atoms with Gasteiger partial charge in [0.1, 0.15) is 10.6 Å². The molecule has 1 aliphatic carbocycles. The Morgan fingerprint density at radius 3 is 2.35 bits per heavy atom. The molecule has 0 spiro atoms. The Balaban J connectivity index is 1.85. The Bertz CT molecular complexity index is 876. The summed E-state index contributed by atoms with van der Waals surface area (Å²) < 4.78 is 33.5. The molecule has 0 amide bonds. The summed E-state index contributed by atoms with van der Waals surface area (Å²) >= 11 is 12.0. The van der Waals surface area contributed by atoms with Crippen LogP contribution in [0, 0.1) is 0 Å². The molecule has 7 heteroatoms. The van der Waals surface area contributed by atoms with Crippen LogP contribution in [0.4, 0.5) is 0 Å². The predicted molar refractivity (Wildman–Crippen MR) is 105 cm³/mol. The van der Waals surface area contributed by atoms with E-state index in [0.29, 0.717) is 11.6 Å². The molecule has 0 aliphatic heterocycles. The maximum Gasteiger partial charge on any atom is 0.242 e. The summed E-state index contributed by atoms with van der Waals surface area (Å²) in [5.74, 6) is 0.785.